The number of Topliss-reactive ketones (excluding diaryl/α,β-unsaturated/α-hetero) is 1. The summed E-state index contributed by atoms with van der Waals surface area (Å²) in [6.07, 6.45) is 0. The van der Waals surface area contributed by atoms with Gasteiger partial charge in [0.2, 0.25) is 0 Å². The van der Waals surface area contributed by atoms with Gasteiger partial charge in [-0.2, -0.15) is 0 Å². The standard InChI is InChI=1S/C12H9ClOS/c1-8(14)11-6-7-12(15-11)9-2-4-10(13)5-3-9/h2-7H,1H3. The molecule has 0 aliphatic rings. The number of hydrogen-bond acceptors (Lipinski definition) is 2. The van der Waals surface area contributed by atoms with E-state index in [1.54, 1.807) is 6.92 Å². The van der Waals surface area contributed by atoms with E-state index in [4.69, 9.17) is 11.6 Å². The Hall–Kier alpha value is -1.12. The van der Waals surface area contributed by atoms with Crippen LogP contribution in [-0.4, -0.2) is 5.78 Å². The van der Waals surface area contributed by atoms with Crippen LogP contribution in [0.1, 0.15) is 16.6 Å². The molecule has 0 saturated heterocycles. The van der Waals surface area contributed by atoms with Crippen LogP contribution >= 0.6 is 22.9 Å². The molecular formula is C12H9ClOS. The Morgan fingerprint density at radius 2 is 1.80 bits per heavy atom. The van der Waals surface area contributed by atoms with E-state index in [1.165, 1.54) is 11.3 Å². The summed E-state index contributed by atoms with van der Waals surface area (Å²) in [5, 5.41) is 0.724. The second kappa shape index (κ2) is 4.17. The van der Waals surface area contributed by atoms with E-state index in [9.17, 15) is 4.79 Å². The average Bonchev–Trinajstić information content (AvgIpc) is 2.68. The topological polar surface area (TPSA) is 17.1 Å². The van der Waals surface area contributed by atoms with Crippen LogP contribution in [0.2, 0.25) is 5.02 Å². The van der Waals surface area contributed by atoms with Crippen molar-refractivity contribution in [2.75, 3.05) is 0 Å². The minimum atomic E-state index is 0.111. The Bertz CT molecular complexity index is 485. The summed E-state index contributed by atoms with van der Waals surface area (Å²) in [4.78, 5) is 13.0. The fraction of sp³-hybridized carbons (Fsp3) is 0.0833. The first-order valence-electron chi connectivity index (χ1n) is 4.53. The first-order chi connectivity index (χ1) is 7.16. The van der Waals surface area contributed by atoms with Crippen LogP contribution in [0.15, 0.2) is 36.4 Å². The number of carbonyl (C=O) groups excluding carboxylic acids is 1. The lowest BCUT2D eigenvalue weighted by Crippen LogP contribution is -1.83. The van der Waals surface area contributed by atoms with E-state index in [0.717, 1.165) is 20.3 Å². The number of ketones is 1. The van der Waals surface area contributed by atoms with Gasteiger partial charge in [-0.3, -0.25) is 4.79 Å². The van der Waals surface area contributed by atoms with E-state index in [2.05, 4.69) is 0 Å². The maximum atomic E-state index is 11.1. The molecular weight excluding hydrogens is 228 g/mol. The third-order valence-corrected chi connectivity index (χ3v) is 3.57. The highest BCUT2D eigenvalue weighted by Crippen LogP contribution is 2.29. The van der Waals surface area contributed by atoms with Gasteiger partial charge in [0.05, 0.1) is 4.88 Å². The molecule has 0 bridgehead atoms. The van der Waals surface area contributed by atoms with Gasteiger partial charge in [-0.1, -0.05) is 23.7 Å². The highest BCUT2D eigenvalue weighted by molar-refractivity contribution is 7.17. The average molecular weight is 237 g/mol. The molecule has 0 amide bonds. The van der Waals surface area contributed by atoms with Gasteiger partial charge in [0, 0.05) is 9.90 Å². The maximum Gasteiger partial charge on any atom is 0.169 e. The molecule has 15 heavy (non-hydrogen) atoms. The highest BCUT2D eigenvalue weighted by atomic mass is 35.5. The van der Waals surface area contributed by atoms with Crippen molar-refractivity contribution >= 4 is 28.7 Å². The molecule has 1 aromatic heterocycles. The van der Waals surface area contributed by atoms with Gasteiger partial charge in [0.1, 0.15) is 0 Å². The van der Waals surface area contributed by atoms with E-state index < -0.39 is 0 Å². The molecule has 2 rings (SSSR count). The maximum absolute atomic E-state index is 11.1. The van der Waals surface area contributed by atoms with Crippen LogP contribution in [-0.2, 0) is 0 Å². The van der Waals surface area contributed by atoms with Gasteiger partial charge >= 0.3 is 0 Å². The van der Waals surface area contributed by atoms with Crippen molar-refractivity contribution in [2.24, 2.45) is 0 Å². The largest absolute Gasteiger partial charge is 0.294 e. The summed E-state index contributed by atoms with van der Waals surface area (Å²) in [6.45, 7) is 1.58. The normalized spacial score (nSPS) is 10.3. The molecule has 1 heterocycles. The minimum absolute atomic E-state index is 0.111. The molecule has 0 aliphatic carbocycles. The zero-order chi connectivity index (χ0) is 10.8. The predicted octanol–water partition coefficient (Wildman–Crippen LogP) is 4.27. The zero-order valence-corrected chi connectivity index (χ0v) is 9.73. The smallest absolute Gasteiger partial charge is 0.169 e. The Kier molecular flexibility index (Phi) is 2.89. The monoisotopic (exact) mass is 236 g/mol. The molecule has 0 saturated carbocycles. The fourth-order valence-corrected chi connectivity index (χ4v) is 2.33. The van der Waals surface area contributed by atoms with Crippen molar-refractivity contribution in [1.82, 2.24) is 0 Å². The molecule has 0 fully saturated rings. The molecule has 0 spiro atoms. The number of halogens is 1. The van der Waals surface area contributed by atoms with Crippen molar-refractivity contribution in [2.45, 2.75) is 6.92 Å². The lowest BCUT2D eigenvalue weighted by Gasteiger charge is -1.96. The van der Waals surface area contributed by atoms with Gasteiger partial charge in [0.15, 0.2) is 5.78 Å². The molecule has 0 atom stereocenters. The molecule has 0 N–H and O–H groups in total. The van der Waals surface area contributed by atoms with Crippen molar-refractivity contribution in [1.29, 1.82) is 0 Å². The summed E-state index contributed by atoms with van der Waals surface area (Å²) in [5.41, 5.74) is 1.09. The van der Waals surface area contributed by atoms with Crippen LogP contribution in [0.5, 0.6) is 0 Å². The number of rotatable bonds is 2. The van der Waals surface area contributed by atoms with E-state index in [1.807, 2.05) is 36.4 Å². The van der Waals surface area contributed by atoms with Crippen LogP contribution in [0, 0.1) is 0 Å². The number of carbonyl (C=O) groups is 1. The van der Waals surface area contributed by atoms with Gasteiger partial charge in [-0.15, -0.1) is 11.3 Å². The van der Waals surface area contributed by atoms with Gasteiger partial charge in [-0.25, -0.2) is 0 Å². The first-order valence-corrected chi connectivity index (χ1v) is 5.73. The minimum Gasteiger partial charge on any atom is -0.294 e. The Balaban J connectivity index is 2.37. The van der Waals surface area contributed by atoms with Gasteiger partial charge < -0.3 is 0 Å². The molecule has 2 aromatic rings. The van der Waals surface area contributed by atoms with Crippen molar-refractivity contribution < 1.29 is 4.79 Å². The summed E-state index contributed by atoms with van der Waals surface area (Å²) in [6, 6.07) is 11.4. The van der Waals surface area contributed by atoms with Gasteiger partial charge in [-0.05, 0) is 36.8 Å². The van der Waals surface area contributed by atoms with Crippen LogP contribution < -0.4 is 0 Å². The first kappa shape index (κ1) is 10.4. The highest BCUT2D eigenvalue weighted by Gasteiger charge is 2.05. The molecule has 0 radical (unpaired) electrons. The Labute approximate surface area is 97.3 Å². The third kappa shape index (κ3) is 2.28. The molecule has 0 unspecified atom stereocenters. The van der Waals surface area contributed by atoms with Crippen molar-refractivity contribution in [3.8, 4) is 10.4 Å². The summed E-state index contributed by atoms with van der Waals surface area (Å²) < 4.78 is 0. The summed E-state index contributed by atoms with van der Waals surface area (Å²) in [7, 11) is 0. The summed E-state index contributed by atoms with van der Waals surface area (Å²) >= 11 is 7.31. The number of thiophene rings is 1. The second-order valence-corrected chi connectivity index (χ2v) is 4.75. The van der Waals surface area contributed by atoms with E-state index in [0.29, 0.717) is 0 Å². The number of benzene rings is 1. The molecule has 1 nitrogen and oxygen atoms in total. The van der Waals surface area contributed by atoms with E-state index >= 15 is 0 Å². The molecule has 76 valence electrons. The van der Waals surface area contributed by atoms with Crippen LogP contribution in [0.3, 0.4) is 0 Å². The predicted molar refractivity (Wildman–Crippen MR) is 64.8 cm³/mol. The lowest BCUT2D eigenvalue weighted by atomic mass is 10.2. The SMILES string of the molecule is CC(=O)c1ccc(-c2ccc(Cl)cc2)s1. The zero-order valence-electron chi connectivity index (χ0n) is 8.16. The van der Waals surface area contributed by atoms with Crippen LogP contribution in [0.25, 0.3) is 10.4 Å². The molecule has 3 heteroatoms. The summed E-state index contributed by atoms with van der Waals surface area (Å²) in [5.74, 6) is 0.111. The second-order valence-electron chi connectivity index (χ2n) is 3.23. The molecule has 1 aromatic carbocycles. The lowest BCUT2D eigenvalue weighted by molar-refractivity contribution is 0.102. The quantitative estimate of drug-likeness (QED) is 0.712. The van der Waals surface area contributed by atoms with Gasteiger partial charge in [0.25, 0.3) is 0 Å². The van der Waals surface area contributed by atoms with Crippen LogP contribution in [0.4, 0.5) is 0 Å². The Morgan fingerprint density at radius 3 is 2.33 bits per heavy atom. The Morgan fingerprint density at radius 1 is 1.13 bits per heavy atom. The van der Waals surface area contributed by atoms with Crippen molar-refractivity contribution in [3.63, 3.8) is 0 Å². The van der Waals surface area contributed by atoms with E-state index in [-0.39, 0.29) is 5.78 Å². The molecule has 0 aliphatic heterocycles. The number of hydrogen-bond donors (Lipinski definition) is 0. The fourth-order valence-electron chi connectivity index (χ4n) is 1.30. The third-order valence-electron chi connectivity index (χ3n) is 2.08. The van der Waals surface area contributed by atoms with Crippen molar-refractivity contribution in [3.05, 3.63) is 46.3 Å².